The second-order valence-corrected chi connectivity index (χ2v) is 8.14. The molecule has 1 atom stereocenters. The summed E-state index contributed by atoms with van der Waals surface area (Å²) in [6.45, 7) is 4.42. The summed E-state index contributed by atoms with van der Waals surface area (Å²) in [7, 11) is 0. The van der Waals surface area contributed by atoms with Gasteiger partial charge in [0.2, 0.25) is 5.88 Å². The monoisotopic (exact) mass is 418 g/mol. The maximum absolute atomic E-state index is 12.6. The van der Waals surface area contributed by atoms with Gasteiger partial charge in [-0.2, -0.15) is 4.98 Å². The molecule has 6 nitrogen and oxygen atoms in total. The van der Waals surface area contributed by atoms with Crippen molar-refractivity contribution >= 4 is 0 Å². The first-order chi connectivity index (χ1) is 15.2. The van der Waals surface area contributed by atoms with Crippen LogP contribution in [0, 0.1) is 6.92 Å². The van der Waals surface area contributed by atoms with Crippen LogP contribution >= 0.6 is 0 Å². The Bertz CT molecular complexity index is 1150. The molecule has 0 spiro atoms. The van der Waals surface area contributed by atoms with Crippen molar-refractivity contribution in [2.45, 2.75) is 45.4 Å². The first-order valence-corrected chi connectivity index (χ1v) is 10.8. The Morgan fingerprint density at radius 3 is 2.90 bits per heavy atom. The van der Waals surface area contributed by atoms with E-state index in [1.54, 1.807) is 4.57 Å². The molecule has 2 aliphatic heterocycles. The number of nitrogens with zero attached hydrogens (tertiary/aromatic N) is 2. The Balaban J connectivity index is 1.36. The fraction of sp³-hybridized carbons (Fsp3) is 0.360. The summed E-state index contributed by atoms with van der Waals surface area (Å²) in [4.78, 5) is 16.7. The smallest absolute Gasteiger partial charge is 0.351 e. The lowest BCUT2D eigenvalue weighted by Crippen LogP contribution is -2.29. The third kappa shape index (κ3) is 4.21. The van der Waals surface area contributed by atoms with Gasteiger partial charge in [-0.15, -0.1) is 0 Å². The van der Waals surface area contributed by atoms with Crippen molar-refractivity contribution < 1.29 is 14.2 Å². The molecule has 0 aliphatic carbocycles. The zero-order valence-electron chi connectivity index (χ0n) is 17.7. The average Bonchev–Trinajstić information content (AvgIpc) is 3.30. The Morgan fingerprint density at radius 1 is 1.16 bits per heavy atom. The lowest BCUT2D eigenvalue weighted by molar-refractivity contribution is 0.0661. The number of hydrogen-bond acceptors (Lipinski definition) is 5. The first kappa shape index (κ1) is 19.8. The topological polar surface area (TPSA) is 62.6 Å². The van der Waals surface area contributed by atoms with Crippen molar-refractivity contribution in [3.63, 3.8) is 0 Å². The van der Waals surface area contributed by atoms with Gasteiger partial charge in [-0.05, 0) is 61.1 Å². The van der Waals surface area contributed by atoms with E-state index in [9.17, 15) is 4.79 Å². The van der Waals surface area contributed by atoms with E-state index in [0.717, 1.165) is 48.4 Å². The van der Waals surface area contributed by atoms with Gasteiger partial charge in [-0.1, -0.05) is 24.3 Å². The highest BCUT2D eigenvalue weighted by Gasteiger charge is 2.21. The van der Waals surface area contributed by atoms with Crippen LogP contribution in [-0.2, 0) is 24.3 Å². The fourth-order valence-electron chi connectivity index (χ4n) is 4.23. The lowest BCUT2D eigenvalue weighted by Gasteiger charge is -2.22. The molecular weight excluding hydrogens is 392 g/mol. The van der Waals surface area contributed by atoms with Gasteiger partial charge in [-0.25, -0.2) is 4.79 Å². The van der Waals surface area contributed by atoms with Crippen LogP contribution in [0.25, 0.3) is 11.3 Å². The van der Waals surface area contributed by atoms with Gasteiger partial charge in [-0.3, -0.25) is 4.57 Å². The highest BCUT2D eigenvalue weighted by molar-refractivity contribution is 5.67. The Labute approximate surface area is 181 Å². The Hall–Kier alpha value is -3.12. The summed E-state index contributed by atoms with van der Waals surface area (Å²) in [5.41, 5.74) is 5.15. The summed E-state index contributed by atoms with van der Waals surface area (Å²) < 4.78 is 19.2. The van der Waals surface area contributed by atoms with Gasteiger partial charge in [0.05, 0.1) is 11.8 Å². The maximum Gasteiger partial charge on any atom is 0.351 e. The molecule has 3 aromatic rings. The molecule has 1 fully saturated rings. The highest BCUT2D eigenvalue weighted by atomic mass is 16.5. The van der Waals surface area contributed by atoms with Crippen molar-refractivity contribution in [1.82, 2.24) is 9.55 Å². The van der Waals surface area contributed by atoms with Crippen molar-refractivity contribution in [2.24, 2.45) is 0 Å². The normalized spacial score (nSPS) is 17.1. The lowest BCUT2D eigenvalue weighted by atomic mass is 9.97. The predicted molar refractivity (Wildman–Crippen MR) is 118 cm³/mol. The third-order valence-electron chi connectivity index (χ3n) is 6.04. The molecule has 2 aliphatic rings. The molecule has 160 valence electrons. The Kier molecular flexibility index (Phi) is 5.47. The van der Waals surface area contributed by atoms with Crippen LogP contribution in [0.2, 0.25) is 0 Å². The zero-order chi connectivity index (χ0) is 21.2. The van der Waals surface area contributed by atoms with E-state index in [1.807, 2.05) is 30.3 Å². The minimum Gasteiger partial charge on any atom is -0.489 e. The highest BCUT2D eigenvalue weighted by Crippen LogP contribution is 2.32. The van der Waals surface area contributed by atoms with Crippen LogP contribution in [0.4, 0.5) is 0 Å². The van der Waals surface area contributed by atoms with Crippen LogP contribution in [0.3, 0.4) is 0 Å². The minimum atomic E-state index is -0.273. The molecule has 1 unspecified atom stereocenters. The average molecular weight is 418 g/mol. The van der Waals surface area contributed by atoms with Gasteiger partial charge < -0.3 is 14.2 Å². The van der Waals surface area contributed by atoms with Crippen LogP contribution in [-0.4, -0.2) is 28.9 Å². The fourth-order valence-corrected chi connectivity index (χ4v) is 4.23. The van der Waals surface area contributed by atoms with E-state index in [2.05, 4.69) is 30.1 Å². The number of benzene rings is 2. The van der Waals surface area contributed by atoms with Crippen LogP contribution in [0.15, 0.2) is 53.3 Å². The molecule has 2 aromatic carbocycles. The van der Waals surface area contributed by atoms with E-state index in [0.29, 0.717) is 25.6 Å². The summed E-state index contributed by atoms with van der Waals surface area (Å²) in [5.74, 6) is 1.20. The number of rotatable bonds is 6. The van der Waals surface area contributed by atoms with E-state index < -0.39 is 0 Å². The van der Waals surface area contributed by atoms with Crippen molar-refractivity contribution in [3.05, 3.63) is 75.7 Å². The molecule has 1 saturated heterocycles. The Morgan fingerprint density at radius 2 is 2.06 bits per heavy atom. The van der Waals surface area contributed by atoms with Crippen LogP contribution < -0.4 is 15.2 Å². The van der Waals surface area contributed by atoms with Gasteiger partial charge in [0.25, 0.3) is 0 Å². The second-order valence-electron chi connectivity index (χ2n) is 8.14. The predicted octanol–water partition coefficient (Wildman–Crippen LogP) is 3.91. The van der Waals surface area contributed by atoms with Crippen LogP contribution in [0.1, 0.15) is 29.5 Å². The molecule has 0 amide bonds. The summed E-state index contributed by atoms with van der Waals surface area (Å²) >= 11 is 0. The second kappa shape index (κ2) is 8.55. The van der Waals surface area contributed by atoms with E-state index >= 15 is 0 Å². The van der Waals surface area contributed by atoms with Crippen molar-refractivity contribution in [2.75, 3.05) is 13.2 Å². The molecule has 0 saturated carbocycles. The van der Waals surface area contributed by atoms with Gasteiger partial charge >= 0.3 is 5.69 Å². The van der Waals surface area contributed by atoms with Crippen LogP contribution in [0.5, 0.6) is 11.6 Å². The van der Waals surface area contributed by atoms with Crippen molar-refractivity contribution in [3.8, 4) is 22.9 Å². The van der Waals surface area contributed by atoms with Crippen molar-refractivity contribution in [1.29, 1.82) is 0 Å². The first-order valence-electron chi connectivity index (χ1n) is 10.8. The van der Waals surface area contributed by atoms with E-state index in [1.165, 1.54) is 11.1 Å². The molecule has 0 N–H and O–H groups in total. The molecular formula is C25H26N2O4. The van der Waals surface area contributed by atoms with E-state index in [4.69, 9.17) is 14.2 Å². The van der Waals surface area contributed by atoms with Gasteiger partial charge in [0.15, 0.2) is 0 Å². The number of ether oxygens (including phenoxy) is 3. The number of aryl methyl sites for hydroxylation is 2. The molecule has 5 rings (SSSR count). The SMILES string of the molecule is Cc1ccccc1COc1ccc2c(c1)CCn1c-2cc(OCC2CCCO2)nc1=O. The number of aromatic nitrogens is 2. The maximum atomic E-state index is 12.6. The van der Waals surface area contributed by atoms with E-state index in [-0.39, 0.29) is 11.8 Å². The molecule has 0 bridgehead atoms. The largest absolute Gasteiger partial charge is 0.489 e. The number of fused-ring (bicyclic) bond motifs is 3. The number of hydrogen-bond donors (Lipinski definition) is 0. The standard InChI is InChI=1S/C25H26N2O4/c1-17-5-2-3-6-19(17)15-30-20-8-9-22-18(13-20)10-11-27-23(22)14-24(26-25(27)28)31-16-21-7-4-12-29-21/h2-3,5-6,8-9,13-14,21H,4,7,10-12,15-16H2,1H3. The zero-order valence-corrected chi connectivity index (χ0v) is 17.7. The van der Waals surface area contributed by atoms with Gasteiger partial charge in [0.1, 0.15) is 19.0 Å². The summed E-state index contributed by atoms with van der Waals surface area (Å²) in [6.07, 6.45) is 2.89. The molecule has 1 aromatic heterocycles. The molecule has 3 heterocycles. The summed E-state index contributed by atoms with van der Waals surface area (Å²) in [5, 5.41) is 0. The summed E-state index contributed by atoms with van der Waals surface area (Å²) in [6, 6.07) is 16.2. The third-order valence-corrected chi connectivity index (χ3v) is 6.04. The molecule has 0 radical (unpaired) electrons. The molecule has 6 heteroatoms. The minimum absolute atomic E-state index is 0.0841. The molecule has 31 heavy (non-hydrogen) atoms. The quantitative estimate of drug-likeness (QED) is 0.607. The van der Waals surface area contributed by atoms with Gasteiger partial charge in [0, 0.05) is 24.8 Å².